The summed E-state index contributed by atoms with van der Waals surface area (Å²) >= 11 is 0. The molecule has 3 rings (SSSR count). The fraction of sp³-hybridized carbons (Fsp3) is 0.200. The lowest BCUT2D eigenvalue weighted by Crippen LogP contribution is -2.06. The van der Waals surface area contributed by atoms with Gasteiger partial charge in [-0.15, -0.1) is 0 Å². The molecule has 0 amide bonds. The Bertz CT molecular complexity index is 796. The number of carbonyl (C=O) groups is 1. The van der Waals surface area contributed by atoms with E-state index in [4.69, 9.17) is 4.74 Å². The second-order valence-corrected chi connectivity index (χ2v) is 4.51. The molecule has 0 saturated carbocycles. The van der Waals surface area contributed by atoms with Gasteiger partial charge in [-0.25, -0.2) is 14.3 Å². The van der Waals surface area contributed by atoms with Crippen molar-refractivity contribution in [3.05, 3.63) is 47.9 Å². The predicted octanol–water partition coefficient (Wildman–Crippen LogP) is 2.28. The molecule has 6 heteroatoms. The Morgan fingerprint density at radius 2 is 2.24 bits per heavy atom. The van der Waals surface area contributed by atoms with Crippen LogP contribution >= 0.6 is 0 Å². The molecule has 3 aromatic heterocycles. The summed E-state index contributed by atoms with van der Waals surface area (Å²) in [6.07, 6.45) is 3.19. The summed E-state index contributed by atoms with van der Waals surface area (Å²) in [6, 6.07) is 7.53. The number of aromatic nitrogens is 4. The second kappa shape index (κ2) is 5.32. The molecule has 0 N–H and O–H groups in total. The molecule has 0 saturated heterocycles. The van der Waals surface area contributed by atoms with Crippen LogP contribution in [0.5, 0.6) is 0 Å². The minimum Gasteiger partial charge on any atom is -0.462 e. The Morgan fingerprint density at radius 3 is 2.95 bits per heavy atom. The van der Waals surface area contributed by atoms with E-state index in [1.807, 2.05) is 31.2 Å². The van der Waals surface area contributed by atoms with Crippen LogP contribution < -0.4 is 0 Å². The molecule has 0 atom stereocenters. The number of hydrogen-bond donors (Lipinski definition) is 0. The fourth-order valence-electron chi connectivity index (χ4n) is 2.13. The van der Waals surface area contributed by atoms with Crippen molar-refractivity contribution in [2.45, 2.75) is 13.8 Å². The van der Waals surface area contributed by atoms with Gasteiger partial charge in [-0.3, -0.25) is 4.98 Å². The molecule has 21 heavy (non-hydrogen) atoms. The summed E-state index contributed by atoms with van der Waals surface area (Å²) in [5.41, 5.74) is 3.18. The third kappa shape index (κ3) is 2.35. The topological polar surface area (TPSA) is 69.4 Å². The number of fused-ring (bicyclic) bond motifs is 1. The Balaban J connectivity index is 2.22. The minimum atomic E-state index is -0.419. The molecule has 6 nitrogen and oxygen atoms in total. The standard InChI is InChI=1S/C15H14N4O2/c1-3-21-15(20)11-9-17-19-13(8-10(2)18-14(11)19)12-6-4-5-7-16-12/h4-9H,3H2,1-2H3. The van der Waals surface area contributed by atoms with Crippen LogP contribution in [-0.2, 0) is 4.74 Å². The van der Waals surface area contributed by atoms with Crippen molar-refractivity contribution < 1.29 is 9.53 Å². The quantitative estimate of drug-likeness (QED) is 0.689. The van der Waals surface area contributed by atoms with E-state index in [-0.39, 0.29) is 0 Å². The number of pyridine rings is 1. The molecule has 0 aliphatic heterocycles. The van der Waals surface area contributed by atoms with Crippen molar-refractivity contribution in [2.24, 2.45) is 0 Å². The van der Waals surface area contributed by atoms with E-state index in [1.165, 1.54) is 6.20 Å². The predicted molar refractivity (Wildman–Crippen MR) is 76.9 cm³/mol. The van der Waals surface area contributed by atoms with Gasteiger partial charge < -0.3 is 4.74 Å². The fourth-order valence-corrected chi connectivity index (χ4v) is 2.13. The van der Waals surface area contributed by atoms with E-state index >= 15 is 0 Å². The van der Waals surface area contributed by atoms with Gasteiger partial charge in [0.25, 0.3) is 0 Å². The van der Waals surface area contributed by atoms with Crippen molar-refractivity contribution in [3.8, 4) is 11.4 Å². The van der Waals surface area contributed by atoms with Crippen LogP contribution in [0.3, 0.4) is 0 Å². The molecule has 0 unspecified atom stereocenters. The van der Waals surface area contributed by atoms with Crippen molar-refractivity contribution in [1.82, 2.24) is 19.6 Å². The van der Waals surface area contributed by atoms with Gasteiger partial charge in [0.05, 0.1) is 24.2 Å². The highest BCUT2D eigenvalue weighted by atomic mass is 16.5. The van der Waals surface area contributed by atoms with E-state index in [0.717, 1.165) is 17.1 Å². The van der Waals surface area contributed by atoms with Gasteiger partial charge in [-0.2, -0.15) is 5.10 Å². The molecule has 106 valence electrons. The zero-order chi connectivity index (χ0) is 14.8. The van der Waals surface area contributed by atoms with Gasteiger partial charge in [0.2, 0.25) is 0 Å². The van der Waals surface area contributed by atoms with Gasteiger partial charge in [-0.05, 0) is 32.0 Å². The lowest BCUT2D eigenvalue weighted by molar-refractivity contribution is 0.0528. The molecule has 0 aliphatic carbocycles. The number of rotatable bonds is 3. The number of hydrogen-bond acceptors (Lipinski definition) is 5. The molecule has 0 fully saturated rings. The second-order valence-electron chi connectivity index (χ2n) is 4.51. The number of nitrogens with zero attached hydrogens (tertiary/aromatic N) is 4. The van der Waals surface area contributed by atoms with Crippen LogP contribution in [0.1, 0.15) is 23.0 Å². The molecule has 0 radical (unpaired) electrons. The average molecular weight is 282 g/mol. The molecular formula is C15H14N4O2. The van der Waals surface area contributed by atoms with Crippen molar-refractivity contribution in [3.63, 3.8) is 0 Å². The van der Waals surface area contributed by atoms with Crippen LogP contribution in [0.4, 0.5) is 0 Å². The van der Waals surface area contributed by atoms with E-state index in [0.29, 0.717) is 17.8 Å². The van der Waals surface area contributed by atoms with Crippen molar-refractivity contribution in [2.75, 3.05) is 6.61 Å². The third-order valence-corrected chi connectivity index (χ3v) is 3.02. The minimum absolute atomic E-state index is 0.315. The Labute approximate surface area is 121 Å². The molecule has 0 spiro atoms. The normalized spacial score (nSPS) is 10.8. The van der Waals surface area contributed by atoms with Gasteiger partial charge >= 0.3 is 5.97 Å². The lowest BCUT2D eigenvalue weighted by Gasteiger charge is -2.06. The highest BCUT2D eigenvalue weighted by molar-refractivity contribution is 5.96. The molecule has 0 bridgehead atoms. The number of esters is 1. The maximum absolute atomic E-state index is 11.9. The monoisotopic (exact) mass is 282 g/mol. The zero-order valence-electron chi connectivity index (χ0n) is 11.8. The highest BCUT2D eigenvalue weighted by Gasteiger charge is 2.18. The summed E-state index contributed by atoms with van der Waals surface area (Å²) in [5, 5.41) is 4.25. The Hall–Kier alpha value is -2.76. The Morgan fingerprint density at radius 1 is 1.38 bits per heavy atom. The molecule has 3 heterocycles. The van der Waals surface area contributed by atoms with Crippen molar-refractivity contribution >= 4 is 11.6 Å². The first-order chi connectivity index (χ1) is 10.2. The summed E-state index contributed by atoms with van der Waals surface area (Å²) in [7, 11) is 0. The van der Waals surface area contributed by atoms with E-state index in [9.17, 15) is 4.79 Å². The van der Waals surface area contributed by atoms with Crippen LogP contribution in [0.25, 0.3) is 17.0 Å². The molecule has 0 aromatic carbocycles. The lowest BCUT2D eigenvalue weighted by atomic mass is 10.2. The maximum Gasteiger partial charge on any atom is 0.343 e. The smallest absolute Gasteiger partial charge is 0.343 e. The molecule has 3 aromatic rings. The molecule has 0 aliphatic rings. The van der Waals surface area contributed by atoms with Crippen molar-refractivity contribution in [1.29, 1.82) is 0 Å². The van der Waals surface area contributed by atoms with E-state index in [1.54, 1.807) is 17.6 Å². The summed E-state index contributed by atoms with van der Waals surface area (Å²) in [5.74, 6) is -0.419. The van der Waals surface area contributed by atoms with Gasteiger partial charge in [0.1, 0.15) is 5.56 Å². The zero-order valence-corrected chi connectivity index (χ0v) is 11.8. The maximum atomic E-state index is 11.9. The summed E-state index contributed by atoms with van der Waals surface area (Å²) in [4.78, 5) is 20.7. The van der Waals surface area contributed by atoms with E-state index < -0.39 is 5.97 Å². The number of carbonyl (C=O) groups excluding carboxylic acids is 1. The van der Waals surface area contributed by atoms with E-state index in [2.05, 4.69) is 15.1 Å². The Kier molecular flexibility index (Phi) is 3.35. The summed E-state index contributed by atoms with van der Waals surface area (Å²) in [6.45, 7) is 3.95. The van der Waals surface area contributed by atoms with Crippen LogP contribution in [0.2, 0.25) is 0 Å². The van der Waals surface area contributed by atoms with Gasteiger partial charge in [0, 0.05) is 11.9 Å². The number of ether oxygens (including phenoxy) is 1. The first kappa shape index (κ1) is 13.2. The van der Waals surface area contributed by atoms with Crippen LogP contribution in [0, 0.1) is 6.92 Å². The van der Waals surface area contributed by atoms with Crippen LogP contribution in [0.15, 0.2) is 36.7 Å². The van der Waals surface area contributed by atoms with Gasteiger partial charge in [0.15, 0.2) is 5.65 Å². The largest absolute Gasteiger partial charge is 0.462 e. The first-order valence-electron chi connectivity index (χ1n) is 6.64. The average Bonchev–Trinajstić information content (AvgIpc) is 2.91. The first-order valence-corrected chi connectivity index (χ1v) is 6.64. The highest BCUT2D eigenvalue weighted by Crippen LogP contribution is 2.20. The van der Waals surface area contributed by atoms with Gasteiger partial charge in [-0.1, -0.05) is 6.07 Å². The summed E-state index contributed by atoms with van der Waals surface area (Å²) < 4.78 is 6.64. The third-order valence-electron chi connectivity index (χ3n) is 3.02. The van der Waals surface area contributed by atoms with Crippen LogP contribution in [-0.4, -0.2) is 32.2 Å². The SMILES string of the molecule is CCOC(=O)c1cnn2c(-c3ccccn3)cc(C)nc12. The molecular weight excluding hydrogens is 268 g/mol. The number of aryl methyl sites for hydroxylation is 1.